The number of carbonyl (C=O) groups is 3. The van der Waals surface area contributed by atoms with Crippen molar-refractivity contribution in [3.63, 3.8) is 0 Å². The first-order chi connectivity index (χ1) is 9.79. The molecule has 0 saturated heterocycles. The lowest BCUT2D eigenvalue weighted by atomic mass is 10.2. The number of hydrogen-bond acceptors (Lipinski definition) is 4. The molecule has 21 heavy (non-hydrogen) atoms. The van der Waals surface area contributed by atoms with E-state index in [4.69, 9.17) is 10.8 Å². The Morgan fingerprint density at radius 3 is 2.52 bits per heavy atom. The van der Waals surface area contributed by atoms with Gasteiger partial charge in [0.1, 0.15) is 17.7 Å². The van der Waals surface area contributed by atoms with Gasteiger partial charge < -0.3 is 16.2 Å². The third kappa shape index (κ3) is 5.78. The quantitative estimate of drug-likeness (QED) is 0.634. The SMILES string of the molecule is NC(=O)C[C@H](NC(=O)CSc1ccc(F)cc1F)C(=O)O. The molecule has 4 N–H and O–H groups in total. The maximum Gasteiger partial charge on any atom is 0.326 e. The lowest BCUT2D eigenvalue weighted by molar-refractivity contribution is -0.143. The maximum atomic E-state index is 13.3. The Morgan fingerprint density at radius 2 is 2.00 bits per heavy atom. The van der Waals surface area contributed by atoms with Gasteiger partial charge in [-0.2, -0.15) is 0 Å². The van der Waals surface area contributed by atoms with E-state index in [-0.39, 0.29) is 10.6 Å². The number of halogens is 2. The van der Waals surface area contributed by atoms with E-state index in [1.54, 1.807) is 0 Å². The van der Waals surface area contributed by atoms with Gasteiger partial charge in [-0.05, 0) is 12.1 Å². The van der Waals surface area contributed by atoms with Gasteiger partial charge in [-0.1, -0.05) is 0 Å². The van der Waals surface area contributed by atoms with Crippen LogP contribution < -0.4 is 11.1 Å². The normalized spacial score (nSPS) is 11.7. The predicted octanol–water partition coefficient (Wildman–Crippen LogP) is 0.502. The second-order valence-corrected chi connectivity index (χ2v) is 5.01. The number of carboxylic acids is 1. The average molecular weight is 318 g/mol. The van der Waals surface area contributed by atoms with E-state index in [2.05, 4.69) is 5.32 Å². The third-order valence-corrected chi connectivity index (χ3v) is 3.34. The van der Waals surface area contributed by atoms with E-state index >= 15 is 0 Å². The molecule has 1 aromatic rings. The molecular formula is C12H12F2N2O4S. The molecule has 0 heterocycles. The van der Waals surface area contributed by atoms with E-state index in [1.165, 1.54) is 6.07 Å². The number of nitrogens with two attached hydrogens (primary N) is 1. The van der Waals surface area contributed by atoms with Crippen LogP contribution in [0.2, 0.25) is 0 Å². The van der Waals surface area contributed by atoms with Gasteiger partial charge >= 0.3 is 5.97 Å². The molecule has 0 spiro atoms. The summed E-state index contributed by atoms with van der Waals surface area (Å²) in [4.78, 5) is 33.1. The van der Waals surface area contributed by atoms with Crippen LogP contribution in [0.5, 0.6) is 0 Å². The van der Waals surface area contributed by atoms with Crippen LogP contribution in [0.4, 0.5) is 8.78 Å². The Balaban J connectivity index is 2.56. The van der Waals surface area contributed by atoms with Gasteiger partial charge in [0.25, 0.3) is 0 Å². The van der Waals surface area contributed by atoms with Crippen LogP contribution in [0.1, 0.15) is 6.42 Å². The molecule has 0 aromatic heterocycles. The predicted molar refractivity (Wildman–Crippen MR) is 70.5 cm³/mol. The minimum atomic E-state index is -1.44. The molecule has 0 aliphatic heterocycles. The molecule has 2 amide bonds. The molecule has 1 aromatic carbocycles. The first kappa shape index (κ1) is 16.9. The fourth-order valence-electron chi connectivity index (χ4n) is 1.37. The summed E-state index contributed by atoms with van der Waals surface area (Å²) in [6.07, 6.45) is -0.545. The zero-order chi connectivity index (χ0) is 16.0. The first-order valence-corrected chi connectivity index (χ1v) is 6.66. The van der Waals surface area contributed by atoms with Crippen LogP contribution in [0.3, 0.4) is 0 Å². The lowest BCUT2D eigenvalue weighted by Gasteiger charge is -2.12. The Kier molecular flexibility index (Phi) is 6.10. The van der Waals surface area contributed by atoms with Gasteiger partial charge in [0, 0.05) is 11.0 Å². The number of rotatable bonds is 7. The highest BCUT2D eigenvalue weighted by Gasteiger charge is 2.22. The van der Waals surface area contributed by atoms with Gasteiger partial charge in [-0.3, -0.25) is 9.59 Å². The van der Waals surface area contributed by atoms with Crippen molar-refractivity contribution in [1.29, 1.82) is 0 Å². The van der Waals surface area contributed by atoms with Crippen LogP contribution in [0, 0.1) is 11.6 Å². The molecule has 9 heteroatoms. The molecule has 1 atom stereocenters. The molecule has 6 nitrogen and oxygen atoms in total. The first-order valence-electron chi connectivity index (χ1n) is 5.68. The van der Waals surface area contributed by atoms with E-state index in [1.807, 2.05) is 0 Å². The van der Waals surface area contributed by atoms with Crippen molar-refractivity contribution in [3.05, 3.63) is 29.8 Å². The Hall–Kier alpha value is -2.16. The Bertz CT molecular complexity index is 568. The van der Waals surface area contributed by atoms with Crippen LogP contribution in [-0.2, 0) is 14.4 Å². The number of nitrogens with one attached hydrogen (secondary N) is 1. The second kappa shape index (κ2) is 7.58. The summed E-state index contributed by atoms with van der Waals surface area (Å²) in [7, 11) is 0. The summed E-state index contributed by atoms with van der Waals surface area (Å²) in [6.45, 7) is 0. The molecule has 0 unspecified atom stereocenters. The van der Waals surface area contributed by atoms with Crippen LogP contribution in [0.15, 0.2) is 23.1 Å². The van der Waals surface area contributed by atoms with E-state index in [0.717, 1.165) is 17.8 Å². The molecule has 0 bridgehead atoms. The fraction of sp³-hybridized carbons (Fsp3) is 0.250. The van der Waals surface area contributed by atoms with Crippen molar-refractivity contribution in [3.8, 4) is 0 Å². The van der Waals surface area contributed by atoms with E-state index < -0.39 is 41.9 Å². The number of carbonyl (C=O) groups excluding carboxylic acids is 2. The summed E-state index contributed by atoms with van der Waals surface area (Å²) >= 11 is 0.774. The lowest BCUT2D eigenvalue weighted by Crippen LogP contribution is -2.44. The summed E-state index contributed by atoms with van der Waals surface area (Å²) in [5.74, 6) is -4.84. The highest BCUT2D eigenvalue weighted by Crippen LogP contribution is 2.22. The number of hydrogen-bond donors (Lipinski definition) is 3. The standard InChI is InChI=1S/C12H12F2N2O4S/c13-6-1-2-9(7(14)3-6)21-5-11(18)16-8(12(19)20)4-10(15)17/h1-3,8H,4-5H2,(H2,15,17)(H,16,18)(H,19,20)/t8-/m0/s1. The molecule has 0 aliphatic carbocycles. The third-order valence-electron chi connectivity index (χ3n) is 2.29. The molecule has 114 valence electrons. The van der Waals surface area contributed by atoms with Gasteiger partial charge in [0.05, 0.1) is 12.2 Å². The monoisotopic (exact) mass is 318 g/mol. The number of thioether (sulfide) groups is 1. The van der Waals surface area contributed by atoms with Crippen LogP contribution in [-0.4, -0.2) is 34.7 Å². The molecular weight excluding hydrogens is 306 g/mol. The zero-order valence-corrected chi connectivity index (χ0v) is 11.5. The van der Waals surface area contributed by atoms with Gasteiger partial charge in [0.15, 0.2) is 0 Å². The van der Waals surface area contributed by atoms with Gasteiger partial charge in [-0.15, -0.1) is 11.8 Å². The highest BCUT2D eigenvalue weighted by atomic mass is 32.2. The van der Waals surface area contributed by atoms with E-state index in [0.29, 0.717) is 6.07 Å². The second-order valence-electron chi connectivity index (χ2n) is 3.99. The largest absolute Gasteiger partial charge is 0.480 e. The topological polar surface area (TPSA) is 109 Å². The van der Waals surface area contributed by atoms with Crippen molar-refractivity contribution in [2.75, 3.05) is 5.75 Å². The summed E-state index contributed by atoms with van der Waals surface area (Å²) in [5.41, 5.74) is 4.86. The maximum absolute atomic E-state index is 13.3. The summed E-state index contributed by atoms with van der Waals surface area (Å²) in [6, 6.07) is 1.44. The van der Waals surface area contributed by atoms with Crippen LogP contribution in [0.25, 0.3) is 0 Å². The minimum Gasteiger partial charge on any atom is -0.480 e. The molecule has 1 rings (SSSR count). The molecule has 0 saturated carbocycles. The van der Waals surface area contributed by atoms with Crippen molar-refractivity contribution in [2.45, 2.75) is 17.4 Å². The summed E-state index contributed by atoms with van der Waals surface area (Å²) in [5, 5.41) is 10.9. The van der Waals surface area contributed by atoms with E-state index in [9.17, 15) is 23.2 Å². The fourth-order valence-corrected chi connectivity index (χ4v) is 2.10. The molecule has 0 radical (unpaired) electrons. The van der Waals surface area contributed by atoms with Gasteiger partial charge in [0.2, 0.25) is 11.8 Å². The number of amides is 2. The molecule has 0 fully saturated rings. The molecule has 0 aliphatic rings. The van der Waals surface area contributed by atoms with Crippen molar-refractivity contribution in [1.82, 2.24) is 5.32 Å². The van der Waals surface area contributed by atoms with Crippen molar-refractivity contribution >= 4 is 29.5 Å². The average Bonchev–Trinajstić information content (AvgIpc) is 2.36. The number of primary amides is 1. The Morgan fingerprint density at radius 1 is 1.33 bits per heavy atom. The van der Waals surface area contributed by atoms with Crippen molar-refractivity contribution in [2.24, 2.45) is 5.73 Å². The Labute approximate surface area is 122 Å². The number of aliphatic carboxylic acids is 1. The smallest absolute Gasteiger partial charge is 0.326 e. The minimum absolute atomic E-state index is 0.0494. The number of benzene rings is 1. The van der Waals surface area contributed by atoms with Crippen LogP contribution >= 0.6 is 11.8 Å². The summed E-state index contributed by atoms with van der Waals surface area (Å²) < 4.78 is 26.0. The van der Waals surface area contributed by atoms with Gasteiger partial charge in [-0.25, -0.2) is 13.6 Å². The highest BCUT2D eigenvalue weighted by molar-refractivity contribution is 8.00. The van der Waals surface area contributed by atoms with Crippen molar-refractivity contribution < 1.29 is 28.3 Å². The number of carboxylic acid groups (broad SMARTS) is 1. The zero-order valence-electron chi connectivity index (χ0n) is 10.6.